The van der Waals surface area contributed by atoms with E-state index in [1.165, 1.54) is 0 Å². The number of Topliss-reactive ketones (excluding diaryl/α,β-unsaturated/α-hetero) is 1. The highest BCUT2D eigenvalue weighted by atomic mass is 16.2. The second-order valence-electron chi connectivity index (χ2n) is 12.8. The fourth-order valence-corrected chi connectivity index (χ4v) is 4.81. The fourth-order valence-electron chi connectivity index (χ4n) is 4.81. The highest BCUT2D eigenvalue weighted by Crippen LogP contribution is 2.32. The molecule has 0 spiro atoms. The summed E-state index contributed by atoms with van der Waals surface area (Å²) in [5.41, 5.74) is -0.862. The molecule has 0 saturated carbocycles. The van der Waals surface area contributed by atoms with E-state index in [4.69, 9.17) is 0 Å². The van der Waals surface area contributed by atoms with Gasteiger partial charge in [-0.15, -0.1) is 0 Å². The molecule has 2 atom stereocenters. The average Bonchev–Trinajstić information content (AvgIpc) is 2.97. The van der Waals surface area contributed by atoms with Gasteiger partial charge < -0.3 is 35.6 Å². The predicted octanol–water partition coefficient (Wildman–Crippen LogP) is 1.53. The fraction of sp³-hybridized carbons (Fsp3) is 0.875. The summed E-state index contributed by atoms with van der Waals surface area (Å²) in [5.74, 6) is -1.41. The van der Waals surface area contributed by atoms with E-state index in [-0.39, 0.29) is 42.8 Å². The minimum Gasteiger partial charge on any atom is -0.356 e. The van der Waals surface area contributed by atoms with Crippen molar-refractivity contribution in [3.8, 4) is 0 Å². The Morgan fingerprint density at radius 1 is 0.698 bits per heavy atom. The molecule has 0 aliphatic heterocycles. The van der Waals surface area contributed by atoms with Gasteiger partial charge >= 0.3 is 0 Å². The van der Waals surface area contributed by atoms with E-state index in [0.717, 1.165) is 52.1 Å². The number of carbonyl (C=O) groups is 4. The first-order chi connectivity index (χ1) is 20.2. The van der Waals surface area contributed by atoms with Crippen LogP contribution in [0.5, 0.6) is 0 Å². The molecule has 0 fully saturated rings. The largest absolute Gasteiger partial charge is 0.356 e. The smallest absolute Gasteiger partial charge is 0.225 e. The minimum atomic E-state index is -0.862. The Kier molecular flexibility index (Phi) is 21.3. The number of carbonyl (C=O) groups excluding carboxylic acids is 4. The first kappa shape index (κ1) is 40.9. The Hall–Kier alpha value is -2.08. The van der Waals surface area contributed by atoms with Crippen LogP contribution in [0.4, 0.5) is 0 Å². The lowest BCUT2D eigenvalue weighted by molar-refractivity contribution is -0.141. The van der Waals surface area contributed by atoms with E-state index in [2.05, 4.69) is 32.7 Å². The molecule has 2 unspecified atom stereocenters. The summed E-state index contributed by atoms with van der Waals surface area (Å²) in [4.78, 5) is 61.0. The SMILES string of the molecule is CCCCNC(=O)C(CC(=O)N(C)CCN(C)CCNC)CC(C)(C)C(=O)CC(CC)C(=O)N(C)CCN(C)CCNC. The van der Waals surface area contributed by atoms with E-state index < -0.39 is 17.3 Å². The lowest BCUT2D eigenvalue weighted by Crippen LogP contribution is -2.42. The molecule has 11 nitrogen and oxygen atoms in total. The normalized spacial score (nSPS) is 13.2. The van der Waals surface area contributed by atoms with Crippen LogP contribution in [-0.4, -0.2) is 144 Å². The maximum absolute atomic E-state index is 13.6. The Balaban J connectivity index is 5.42. The van der Waals surface area contributed by atoms with Gasteiger partial charge in [0.05, 0.1) is 0 Å². The van der Waals surface area contributed by atoms with Gasteiger partial charge in [0.25, 0.3) is 0 Å². The standard InChI is InChI=1S/C32H65N7O4/c1-11-13-14-35-30(42)27(24-29(41)38(9)21-19-36(7)17-15-33-5)25-32(3,4)28(40)23-26(12-2)31(43)39(10)22-20-37(8)18-16-34-6/h26-27,33-34H,11-25H2,1-10H3,(H,35,42). The summed E-state index contributed by atoms with van der Waals surface area (Å²) < 4.78 is 0. The van der Waals surface area contributed by atoms with Gasteiger partial charge in [-0.3, -0.25) is 19.2 Å². The molecule has 0 radical (unpaired) electrons. The summed E-state index contributed by atoms with van der Waals surface area (Å²) in [6.45, 7) is 14.4. The minimum absolute atomic E-state index is 0.0287. The maximum Gasteiger partial charge on any atom is 0.225 e. The van der Waals surface area contributed by atoms with Crippen LogP contribution in [0, 0.1) is 17.3 Å². The molecule has 0 saturated heterocycles. The summed E-state index contributed by atoms with van der Waals surface area (Å²) in [6, 6.07) is 0. The van der Waals surface area contributed by atoms with Gasteiger partial charge in [0.2, 0.25) is 17.7 Å². The van der Waals surface area contributed by atoms with Crippen molar-refractivity contribution in [2.45, 2.75) is 66.2 Å². The van der Waals surface area contributed by atoms with Crippen LogP contribution < -0.4 is 16.0 Å². The average molecular weight is 612 g/mol. The lowest BCUT2D eigenvalue weighted by atomic mass is 9.75. The van der Waals surface area contributed by atoms with Gasteiger partial charge in [-0.05, 0) is 47.5 Å². The number of likely N-dealkylation sites (N-methyl/N-ethyl adjacent to an activating group) is 6. The van der Waals surface area contributed by atoms with Crippen molar-refractivity contribution in [1.82, 2.24) is 35.6 Å². The van der Waals surface area contributed by atoms with Crippen molar-refractivity contribution in [3.63, 3.8) is 0 Å². The molecule has 0 aliphatic rings. The van der Waals surface area contributed by atoms with Crippen LogP contribution in [0.15, 0.2) is 0 Å². The maximum atomic E-state index is 13.6. The summed E-state index contributed by atoms with van der Waals surface area (Å²) in [7, 11) is 11.4. The molecule has 0 aliphatic carbocycles. The van der Waals surface area contributed by atoms with Crippen molar-refractivity contribution in [1.29, 1.82) is 0 Å². The van der Waals surface area contributed by atoms with Gasteiger partial charge in [-0.25, -0.2) is 0 Å². The summed E-state index contributed by atoms with van der Waals surface area (Å²) in [6.07, 6.45) is 2.79. The molecule has 252 valence electrons. The van der Waals surface area contributed by atoms with Crippen LogP contribution in [0.25, 0.3) is 0 Å². The third kappa shape index (κ3) is 17.1. The Bertz CT molecular complexity index is 824. The second kappa shape index (κ2) is 22.4. The number of ketones is 1. The number of hydrogen-bond donors (Lipinski definition) is 3. The molecular weight excluding hydrogens is 546 g/mol. The third-order valence-electron chi connectivity index (χ3n) is 8.33. The molecule has 0 aromatic carbocycles. The topological polar surface area (TPSA) is 117 Å². The first-order valence-corrected chi connectivity index (χ1v) is 16.2. The van der Waals surface area contributed by atoms with Crippen molar-refractivity contribution < 1.29 is 19.2 Å². The predicted molar refractivity (Wildman–Crippen MR) is 176 cm³/mol. The zero-order valence-corrected chi connectivity index (χ0v) is 29.2. The van der Waals surface area contributed by atoms with Crippen LogP contribution in [-0.2, 0) is 19.2 Å². The van der Waals surface area contributed by atoms with Gasteiger partial charge in [0.15, 0.2) is 0 Å². The molecule has 43 heavy (non-hydrogen) atoms. The molecule has 3 amide bonds. The number of nitrogens with one attached hydrogen (secondary N) is 3. The van der Waals surface area contributed by atoms with Gasteiger partial charge in [-0.2, -0.15) is 0 Å². The number of unbranched alkanes of at least 4 members (excludes halogenated alkanes) is 1. The molecule has 11 heteroatoms. The number of hydrogen-bond acceptors (Lipinski definition) is 8. The van der Waals surface area contributed by atoms with Crippen molar-refractivity contribution >= 4 is 23.5 Å². The van der Waals surface area contributed by atoms with E-state index in [9.17, 15) is 19.2 Å². The van der Waals surface area contributed by atoms with Crippen LogP contribution >= 0.6 is 0 Å². The highest BCUT2D eigenvalue weighted by molar-refractivity contribution is 5.91. The lowest BCUT2D eigenvalue weighted by Gasteiger charge is -2.31. The summed E-state index contributed by atoms with van der Waals surface area (Å²) in [5, 5.41) is 9.23. The third-order valence-corrected chi connectivity index (χ3v) is 8.33. The Morgan fingerprint density at radius 2 is 1.23 bits per heavy atom. The van der Waals surface area contributed by atoms with Crippen LogP contribution in [0.1, 0.15) is 66.2 Å². The highest BCUT2D eigenvalue weighted by Gasteiger charge is 2.37. The van der Waals surface area contributed by atoms with E-state index in [1.54, 1.807) is 23.9 Å². The Labute approximate surface area is 262 Å². The molecule has 0 aromatic heterocycles. The zero-order valence-electron chi connectivity index (χ0n) is 29.2. The molecule has 0 bridgehead atoms. The monoisotopic (exact) mass is 612 g/mol. The van der Waals surface area contributed by atoms with Crippen molar-refractivity contribution in [2.24, 2.45) is 17.3 Å². The van der Waals surface area contributed by atoms with Crippen molar-refractivity contribution in [3.05, 3.63) is 0 Å². The van der Waals surface area contributed by atoms with E-state index in [0.29, 0.717) is 26.1 Å². The number of amides is 3. The Morgan fingerprint density at radius 3 is 1.72 bits per heavy atom. The molecular formula is C32H65N7O4. The van der Waals surface area contributed by atoms with Gasteiger partial charge in [0.1, 0.15) is 5.78 Å². The van der Waals surface area contributed by atoms with Crippen molar-refractivity contribution in [2.75, 3.05) is 101 Å². The number of rotatable bonds is 25. The van der Waals surface area contributed by atoms with Crippen LogP contribution in [0.2, 0.25) is 0 Å². The van der Waals surface area contributed by atoms with Gasteiger partial charge in [-0.1, -0.05) is 34.1 Å². The zero-order chi connectivity index (χ0) is 33.0. The summed E-state index contributed by atoms with van der Waals surface area (Å²) >= 11 is 0. The second-order valence-corrected chi connectivity index (χ2v) is 12.8. The van der Waals surface area contributed by atoms with Crippen LogP contribution in [0.3, 0.4) is 0 Å². The molecule has 0 aromatic rings. The van der Waals surface area contributed by atoms with E-state index >= 15 is 0 Å². The molecule has 3 N–H and O–H groups in total. The van der Waals surface area contributed by atoms with E-state index in [1.807, 2.05) is 49.0 Å². The number of nitrogens with zero attached hydrogens (tertiary/aromatic N) is 4. The molecule has 0 heterocycles. The quantitative estimate of drug-likeness (QED) is 0.133. The van der Waals surface area contributed by atoms with Gasteiger partial charge in [0, 0.05) is 103 Å². The first-order valence-electron chi connectivity index (χ1n) is 16.2. The molecule has 0 rings (SSSR count).